The van der Waals surface area contributed by atoms with Crippen molar-refractivity contribution in [3.05, 3.63) is 47.5 Å². The summed E-state index contributed by atoms with van der Waals surface area (Å²) in [6, 6.07) is 10.2. The molecule has 1 amide bonds. The SMILES string of the molecule is C[Si](C)(C)CCOC(=O)c1ccc2c(c1)NC(=O)c1c(O)cccc1O2. The van der Waals surface area contributed by atoms with Crippen molar-refractivity contribution >= 4 is 25.6 Å². The molecule has 136 valence electrons. The molecule has 6 nitrogen and oxygen atoms in total. The molecule has 0 unspecified atom stereocenters. The maximum Gasteiger partial charge on any atom is 0.338 e. The third-order valence-corrected chi connectivity index (χ3v) is 5.70. The zero-order chi connectivity index (χ0) is 18.9. The van der Waals surface area contributed by atoms with Crippen LogP contribution < -0.4 is 10.1 Å². The summed E-state index contributed by atoms with van der Waals surface area (Å²) in [7, 11) is -1.28. The summed E-state index contributed by atoms with van der Waals surface area (Å²) in [4.78, 5) is 24.6. The fourth-order valence-corrected chi connectivity index (χ4v) is 3.23. The number of amides is 1. The van der Waals surface area contributed by atoms with E-state index in [1.165, 1.54) is 12.1 Å². The summed E-state index contributed by atoms with van der Waals surface area (Å²) in [5.74, 6) is -0.460. The van der Waals surface area contributed by atoms with E-state index in [4.69, 9.17) is 9.47 Å². The number of hydrogen-bond donors (Lipinski definition) is 2. The van der Waals surface area contributed by atoms with Crippen molar-refractivity contribution in [3.8, 4) is 17.2 Å². The van der Waals surface area contributed by atoms with E-state index >= 15 is 0 Å². The lowest BCUT2D eigenvalue weighted by Crippen LogP contribution is -2.22. The van der Waals surface area contributed by atoms with Gasteiger partial charge in [0.2, 0.25) is 0 Å². The minimum absolute atomic E-state index is 0.0583. The van der Waals surface area contributed by atoms with Crippen molar-refractivity contribution < 1.29 is 24.2 Å². The van der Waals surface area contributed by atoms with E-state index in [2.05, 4.69) is 25.0 Å². The van der Waals surface area contributed by atoms with E-state index in [0.717, 1.165) is 6.04 Å². The largest absolute Gasteiger partial charge is 0.507 e. The Morgan fingerprint density at radius 1 is 1.19 bits per heavy atom. The monoisotopic (exact) mass is 371 g/mol. The second-order valence-corrected chi connectivity index (χ2v) is 13.0. The van der Waals surface area contributed by atoms with Gasteiger partial charge in [0.05, 0.1) is 17.9 Å². The molecule has 1 aliphatic rings. The summed E-state index contributed by atoms with van der Waals surface area (Å²) in [6.45, 7) is 7.02. The second-order valence-electron chi connectivity index (χ2n) is 7.36. The highest BCUT2D eigenvalue weighted by Gasteiger charge is 2.25. The van der Waals surface area contributed by atoms with Crippen LogP contribution in [0, 0.1) is 0 Å². The maximum absolute atomic E-state index is 12.4. The van der Waals surface area contributed by atoms with Crippen LogP contribution in [0.4, 0.5) is 5.69 Å². The van der Waals surface area contributed by atoms with Crippen molar-refractivity contribution in [2.24, 2.45) is 0 Å². The molecule has 0 fully saturated rings. The average molecular weight is 371 g/mol. The fraction of sp³-hybridized carbons (Fsp3) is 0.263. The van der Waals surface area contributed by atoms with Crippen molar-refractivity contribution in [1.29, 1.82) is 0 Å². The van der Waals surface area contributed by atoms with Gasteiger partial charge in [-0.3, -0.25) is 4.79 Å². The molecular formula is C19H21NO5Si. The first-order valence-corrected chi connectivity index (χ1v) is 12.1. The van der Waals surface area contributed by atoms with Gasteiger partial charge < -0.3 is 19.9 Å². The molecule has 0 saturated carbocycles. The average Bonchev–Trinajstić information content (AvgIpc) is 2.69. The molecule has 0 aromatic heterocycles. The number of phenols is 1. The Hall–Kier alpha value is -2.80. The van der Waals surface area contributed by atoms with Crippen molar-refractivity contribution in [3.63, 3.8) is 0 Å². The highest BCUT2D eigenvalue weighted by atomic mass is 28.3. The maximum atomic E-state index is 12.4. The van der Waals surface area contributed by atoms with Gasteiger partial charge in [0.15, 0.2) is 5.75 Å². The fourth-order valence-electron chi connectivity index (χ4n) is 2.51. The van der Waals surface area contributed by atoms with Gasteiger partial charge in [0, 0.05) is 8.07 Å². The van der Waals surface area contributed by atoms with Gasteiger partial charge >= 0.3 is 5.97 Å². The lowest BCUT2D eigenvalue weighted by atomic mass is 10.1. The van der Waals surface area contributed by atoms with E-state index in [1.54, 1.807) is 24.3 Å². The summed E-state index contributed by atoms with van der Waals surface area (Å²) in [6.07, 6.45) is 0. The topological polar surface area (TPSA) is 84.9 Å². The number of carbonyl (C=O) groups excluding carboxylic acids is 2. The van der Waals surface area contributed by atoms with E-state index in [1.807, 2.05) is 0 Å². The summed E-state index contributed by atoms with van der Waals surface area (Å²) < 4.78 is 11.1. The summed E-state index contributed by atoms with van der Waals surface area (Å²) in [5.41, 5.74) is 0.742. The molecule has 1 aliphatic heterocycles. The number of nitrogens with one attached hydrogen (secondary N) is 1. The molecule has 2 aromatic rings. The van der Waals surface area contributed by atoms with Crippen LogP contribution in [0.3, 0.4) is 0 Å². The molecule has 3 rings (SSSR count). The standard InChI is InChI=1S/C19H21NO5Si/c1-26(2,3)10-9-24-19(23)12-7-8-15-13(11-12)20-18(22)17-14(21)5-4-6-16(17)25-15/h4-8,11,21H,9-10H2,1-3H3,(H,20,22). The lowest BCUT2D eigenvalue weighted by molar-refractivity contribution is 0.0525. The number of fused-ring (bicyclic) bond motifs is 2. The number of phenolic OH excluding ortho intramolecular Hbond substituents is 1. The summed E-state index contributed by atoms with van der Waals surface area (Å²) in [5, 5.41) is 12.6. The number of carbonyl (C=O) groups is 2. The van der Waals surface area contributed by atoms with Gasteiger partial charge in [0.25, 0.3) is 5.91 Å². The van der Waals surface area contributed by atoms with Gasteiger partial charge in [-0.2, -0.15) is 0 Å². The van der Waals surface area contributed by atoms with Crippen LogP contribution in [-0.2, 0) is 4.74 Å². The Kier molecular flexibility index (Phi) is 4.73. The Morgan fingerprint density at radius 3 is 2.69 bits per heavy atom. The van der Waals surface area contributed by atoms with Gasteiger partial charge in [-0.25, -0.2) is 4.79 Å². The highest BCUT2D eigenvalue weighted by molar-refractivity contribution is 6.76. The van der Waals surface area contributed by atoms with Gasteiger partial charge in [0.1, 0.15) is 17.1 Å². The Morgan fingerprint density at radius 2 is 1.96 bits per heavy atom. The molecule has 2 aromatic carbocycles. The second kappa shape index (κ2) is 6.84. The first kappa shape index (κ1) is 18.0. The molecular weight excluding hydrogens is 350 g/mol. The smallest absolute Gasteiger partial charge is 0.338 e. The van der Waals surface area contributed by atoms with Crippen LogP contribution in [-0.4, -0.2) is 31.7 Å². The van der Waals surface area contributed by atoms with E-state index < -0.39 is 20.0 Å². The quantitative estimate of drug-likeness (QED) is 0.620. The lowest BCUT2D eigenvalue weighted by Gasteiger charge is -2.15. The third kappa shape index (κ3) is 3.88. The zero-order valence-electron chi connectivity index (χ0n) is 15.0. The van der Waals surface area contributed by atoms with Crippen molar-refractivity contribution in [1.82, 2.24) is 0 Å². The molecule has 0 spiro atoms. The number of benzene rings is 2. The number of anilines is 1. The Bertz CT molecular complexity index is 873. The molecule has 1 heterocycles. The molecule has 0 saturated heterocycles. The van der Waals surface area contributed by atoms with E-state index in [-0.39, 0.29) is 17.1 Å². The minimum Gasteiger partial charge on any atom is -0.507 e. The number of esters is 1. The predicted molar refractivity (Wildman–Crippen MR) is 101 cm³/mol. The van der Waals surface area contributed by atoms with Crippen LogP contribution in [0.1, 0.15) is 20.7 Å². The van der Waals surface area contributed by atoms with Crippen LogP contribution in [0.25, 0.3) is 0 Å². The third-order valence-electron chi connectivity index (χ3n) is 4.00. The normalized spacial score (nSPS) is 13.0. The molecule has 7 heteroatoms. The van der Waals surface area contributed by atoms with E-state index in [9.17, 15) is 14.7 Å². The van der Waals surface area contributed by atoms with Gasteiger partial charge in [-0.15, -0.1) is 0 Å². The zero-order valence-corrected chi connectivity index (χ0v) is 16.0. The number of aromatic hydroxyl groups is 1. The Labute approximate surface area is 152 Å². The molecule has 0 aliphatic carbocycles. The van der Waals surface area contributed by atoms with Crippen LogP contribution in [0.2, 0.25) is 25.7 Å². The van der Waals surface area contributed by atoms with Crippen LogP contribution in [0.5, 0.6) is 17.2 Å². The minimum atomic E-state index is -1.28. The highest BCUT2D eigenvalue weighted by Crippen LogP contribution is 2.39. The van der Waals surface area contributed by atoms with E-state index in [0.29, 0.717) is 23.6 Å². The first-order chi connectivity index (χ1) is 12.2. The number of hydrogen-bond acceptors (Lipinski definition) is 5. The Balaban J connectivity index is 1.81. The van der Waals surface area contributed by atoms with Gasteiger partial charge in [-0.1, -0.05) is 25.7 Å². The molecule has 26 heavy (non-hydrogen) atoms. The predicted octanol–water partition coefficient (Wildman–Crippen LogP) is 4.25. The van der Waals surface area contributed by atoms with Crippen molar-refractivity contribution in [2.75, 3.05) is 11.9 Å². The first-order valence-electron chi connectivity index (χ1n) is 8.37. The number of ether oxygens (including phenoxy) is 2. The van der Waals surface area contributed by atoms with Crippen LogP contribution in [0.15, 0.2) is 36.4 Å². The van der Waals surface area contributed by atoms with Crippen LogP contribution >= 0.6 is 0 Å². The van der Waals surface area contributed by atoms with Crippen molar-refractivity contribution in [2.45, 2.75) is 25.7 Å². The summed E-state index contributed by atoms with van der Waals surface area (Å²) >= 11 is 0. The molecule has 2 N–H and O–H groups in total. The molecule has 0 bridgehead atoms. The van der Waals surface area contributed by atoms with Gasteiger partial charge in [-0.05, 0) is 36.4 Å². The number of rotatable bonds is 4. The molecule has 0 radical (unpaired) electrons. The molecule has 0 atom stereocenters.